The van der Waals surface area contributed by atoms with Gasteiger partial charge in [-0.2, -0.15) is 0 Å². The fraction of sp³-hybridized carbons (Fsp3) is 0.214. The van der Waals surface area contributed by atoms with Gasteiger partial charge >= 0.3 is 5.97 Å². The number of esters is 1. The lowest BCUT2D eigenvalue weighted by Gasteiger charge is -2.03. The van der Waals surface area contributed by atoms with Gasteiger partial charge in [-0.25, -0.2) is 4.79 Å². The molecule has 0 unspecified atom stereocenters. The van der Waals surface area contributed by atoms with Crippen LogP contribution in [0.1, 0.15) is 12.5 Å². The fourth-order valence-electron chi connectivity index (χ4n) is 1.36. The Morgan fingerprint density at radius 2 is 1.76 bits per heavy atom. The Morgan fingerprint density at radius 3 is 2.29 bits per heavy atom. The molecule has 1 aromatic rings. The van der Waals surface area contributed by atoms with E-state index in [0.717, 1.165) is 11.1 Å². The zero-order valence-electron chi connectivity index (χ0n) is 10.3. The molecular weight excluding hydrogens is 216 g/mol. The topological polar surface area (TPSA) is 35.5 Å². The lowest BCUT2D eigenvalue weighted by atomic mass is 10.1. The van der Waals surface area contributed by atoms with Crippen LogP contribution in [-0.4, -0.2) is 20.2 Å². The van der Waals surface area contributed by atoms with Gasteiger partial charge in [0.15, 0.2) is 0 Å². The number of benzene rings is 1. The molecule has 17 heavy (non-hydrogen) atoms. The second-order valence-corrected chi connectivity index (χ2v) is 3.50. The largest absolute Gasteiger partial charge is 0.490 e. The van der Waals surface area contributed by atoms with Crippen molar-refractivity contribution in [2.75, 3.05) is 14.2 Å². The van der Waals surface area contributed by atoms with Crippen molar-refractivity contribution in [3.05, 3.63) is 53.3 Å². The van der Waals surface area contributed by atoms with Crippen LogP contribution in [0.15, 0.2) is 47.7 Å². The maximum Gasteiger partial charge on any atom is 0.373 e. The lowest BCUT2D eigenvalue weighted by Crippen LogP contribution is -2.06. The third kappa shape index (κ3) is 4.15. The van der Waals surface area contributed by atoms with Crippen LogP contribution < -0.4 is 0 Å². The molecule has 0 fully saturated rings. The minimum absolute atomic E-state index is 0.192. The number of hydrogen-bond acceptors (Lipinski definition) is 3. The minimum Gasteiger partial charge on any atom is -0.490 e. The molecule has 1 aromatic carbocycles. The van der Waals surface area contributed by atoms with E-state index in [2.05, 4.69) is 4.74 Å². The van der Waals surface area contributed by atoms with Crippen LogP contribution in [0.25, 0.3) is 6.08 Å². The molecule has 0 aliphatic carbocycles. The summed E-state index contributed by atoms with van der Waals surface area (Å²) in [5.41, 5.74) is 1.99. The van der Waals surface area contributed by atoms with Crippen LogP contribution in [-0.2, 0) is 14.3 Å². The molecule has 0 N–H and O–H groups in total. The van der Waals surface area contributed by atoms with Gasteiger partial charge in [0.25, 0.3) is 0 Å². The highest BCUT2D eigenvalue weighted by Gasteiger charge is 2.08. The molecule has 0 heterocycles. The Hall–Kier alpha value is -2.03. The van der Waals surface area contributed by atoms with E-state index in [1.165, 1.54) is 14.2 Å². The average Bonchev–Trinajstić information content (AvgIpc) is 2.36. The van der Waals surface area contributed by atoms with Crippen LogP contribution in [0.2, 0.25) is 0 Å². The monoisotopic (exact) mass is 232 g/mol. The second-order valence-electron chi connectivity index (χ2n) is 3.50. The van der Waals surface area contributed by atoms with E-state index in [9.17, 15) is 4.79 Å². The summed E-state index contributed by atoms with van der Waals surface area (Å²) in [6.45, 7) is 1.90. The minimum atomic E-state index is -0.478. The Morgan fingerprint density at radius 1 is 1.12 bits per heavy atom. The molecule has 0 amide bonds. The van der Waals surface area contributed by atoms with E-state index in [1.807, 2.05) is 43.3 Å². The Balaban J connectivity index is 2.90. The van der Waals surface area contributed by atoms with Crippen molar-refractivity contribution in [3.8, 4) is 0 Å². The summed E-state index contributed by atoms with van der Waals surface area (Å²) in [6, 6.07) is 9.85. The second kappa shape index (κ2) is 6.53. The molecule has 0 bridgehead atoms. The van der Waals surface area contributed by atoms with E-state index in [-0.39, 0.29) is 5.76 Å². The Labute approximate surface area is 101 Å². The quantitative estimate of drug-likeness (QED) is 0.346. The Kier molecular flexibility index (Phi) is 5.01. The summed E-state index contributed by atoms with van der Waals surface area (Å²) >= 11 is 0. The summed E-state index contributed by atoms with van der Waals surface area (Å²) in [7, 11) is 2.77. The van der Waals surface area contributed by atoms with Gasteiger partial charge in [-0.05, 0) is 24.1 Å². The normalized spacial score (nSPS) is 12.2. The van der Waals surface area contributed by atoms with Gasteiger partial charge in [0, 0.05) is 0 Å². The standard InChI is InChI=1S/C14H16O3/c1-11(9-12-7-5-4-6-8-12)10-13(16-2)14(15)17-3/h4-10H,1-3H3/b11-9+,13-10+. The van der Waals surface area contributed by atoms with Gasteiger partial charge in [0.1, 0.15) is 0 Å². The molecule has 0 atom stereocenters. The van der Waals surface area contributed by atoms with E-state index >= 15 is 0 Å². The highest BCUT2D eigenvalue weighted by atomic mass is 16.6. The van der Waals surface area contributed by atoms with Crippen LogP contribution in [0.3, 0.4) is 0 Å². The molecule has 0 aliphatic heterocycles. The van der Waals surface area contributed by atoms with Crippen molar-refractivity contribution >= 4 is 12.0 Å². The van der Waals surface area contributed by atoms with Crippen LogP contribution in [0, 0.1) is 0 Å². The number of hydrogen-bond donors (Lipinski definition) is 0. The third-order valence-electron chi connectivity index (χ3n) is 2.16. The molecule has 0 spiro atoms. The molecule has 0 aromatic heterocycles. The predicted octanol–water partition coefficient (Wildman–Crippen LogP) is 2.79. The first-order valence-corrected chi connectivity index (χ1v) is 5.24. The first-order chi connectivity index (χ1) is 8.17. The first kappa shape index (κ1) is 13.0. The maximum absolute atomic E-state index is 11.3. The Bertz CT molecular complexity index is 430. The van der Waals surface area contributed by atoms with Gasteiger partial charge in [-0.3, -0.25) is 0 Å². The fourth-order valence-corrected chi connectivity index (χ4v) is 1.36. The summed E-state index contributed by atoms with van der Waals surface area (Å²) in [4.78, 5) is 11.3. The number of allylic oxidation sites excluding steroid dienone is 2. The van der Waals surface area contributed by atoms with Crippen molar-refractivity contribution in [1.82, 2.24) is 0 Å². The smallest absolute Gasteiger partial charge is 0.373 e. The molecule has 3 heteroatoms. The van der Waals surface area contributed by atoms with Crippen LogP contribution in [0.4, 0.5) is 0 Å². The number of rotatable bonds is 4. The summed E-state index contributed by atoms with van der Waals surface area (Å²) in [5.74, 6) is -0.287. The van der Waals surface area contributed by atoms with E-state index in [0.29, 0.717) is 0 Å². The zero-order chi connectivity index (χ0) is 12.7. The van der Waals surface area contributed by atoms with Gasteiger partial charge in [-0.15, -0.1) is 0 Å². The van der Waals surface area contributed by atoms with Crippen molar-refractivity contribution in [2.24, 2.45) is 0 Å². The first-order valence-electron chi connectivity index (χ1n) is 5.24. The average molecular weight is 232 g/mol. The summed E-state index contributed by atoms with van der Waals surface area (Å²) in [6.07, 6.45) is 3.61. The molecule has 1 rings (SSSR count). The number of carbonyl (C=O) groups excluding carboxylic acids is 1. The third-order valence-corrected chi connectivity index (χ3v) is 2.16. The molecule has 3 nitrogen and oxygen atoms in total. The van der Waals surface area contributed by atoms with Crippen molar-refractivity contribution < 1.29 is 14.3 Å². The highest BCUT2D eigenvalue weighted by molar-refractivity contribution is 5.87. The van der Waals surface area contributed by atoms with Crippen LogP contribution >= 0.6 is 0 Å². The van der Waals surface area contributed by atoms with Crippen molar-refractivity contribution in [2.45, 2.75) is 6.92 Å². The molecule has 90 valence electrons. The van der Waals surface area contributed by atoms with Crippen molar-refractivity contribution in [1.29, 1.82) is 0 Å². The maximum atomic E-state index is 11.3. The zero-order valence-corrected chi connectivity index (χ0v) is 10.3. The van der Waals surface area contributed by atoms with Gasteiger partial charge in [-0.1, -0.05) is 36.4 Å². The summed E-state index contributed by atoms with van der Waals surface area (Å²) < 4.78 is 9.55. The molecule has 0 saturated heterocycles. The predicted molar refractivity (Wildman–Crippen MR) is 67.2 cm³/mol. The highest BCUT2D eigenvalue weighted by Crippen LogP contribution is 2.10. The lowest BCUT2D eigenvalue weighted by molar-refractivity contribution is -0.139. The van der Waals surface area contributed by atoms with E-state index in [4.69, 9.17) is 4.74 Å². The van der Waals surface area contributed by atoms with Gasteiger partial charge in [0.05, 0.1) is 14.2 Å². The number of methoxy groups -OCH3 is 2. The molecule has 0 saturated carbocycles. The number of ether oxygens (including phenoxy) is 2. The molecule has 0 radical (unpaired) electrons. The molecule has 0 aliphatic rings. The number of carbonyl (C=O) groups is 1. The van der Waals surface area contributed by atoms with Crippen LogP contribution in [0.5, 0.6) is 0 Å². The molecular formula is C14H16O3. The van der Waals surface area contributed by atoms with E-state index in [1.54, 1.807) is 6.08 Å². The van der Waals surface area contributed by atoms with Gasteiger partial charge < -0.3 is 9.47 Å². The van der Waals surface area contributed by atoms with Crippen molar-refractivity contribution in [3.63, 3.8) is 0 Å². The van der Waals surface area contributed by atoms with E-state index < -0.39 is 5.97 Å². The SMILES string of the molecule is COC(=O)/C(=C\C(C)=C\c1ccccc1)OC. The summed E-state index contributed by atoms with van der Waals surface area (Å²) in [5, 5.41) is 0. The van der Waals surface area contributed by atoms with Gasteiger partial charge in [0.2, 0.25) is 5.76 Å².